The number of thioether (sulfide) groups is 1. The fourth-order valence-corrected chi connectivity index (χ4v) is 4.95. The number of fused-ring (bicyclic) bond motifs is 1. The van der Waals surface area contributed by atoms with E-state index in [9.17, 15) is 18.8 Å². The summed E-state index contributed by atoms with van der Waals surface area (Å²) in [6.07, 6.45) is 3.59. The molecular weight excluding hydrogens is 477 g/mol. The molecule has 180 valence electrons. The maximum Gasteiger partial charge on any atom is 0.294 e. The van der Waals surface area contributed by atoms with Crippen LogP contribution in [0.3, 0.4) is 0 Å². The molecule has 5 rings (SSSR count). The van der Waals surface area contributed by atoms with Gasteiger partial charge in [-0.25, -0.2) is 4.39 Å². The number of aryl methyl sites for hydroxylation is 1. The Balaban J connectivity index is 1.30. The number of nitrogens with one attached hydrogen (secondary N) is 1. The highest BCUT2D eigenvalue weighted by Crippen LogP contribution is 2.33. The minimum atomic E-state index is -0.492. The van der Waals surface area contributed by atoms with E-state index >= 15 is 0 Å². The van der Waals surface area contributed by atoms with Gasteiger partial charge in [0.15, 0.2) is 0 Å². The SMILES string of the molecule is Cc1ccccc1NC(=O)CN1C(=O)S/C(=C/c2ccc3c(ccn3Cc3cccc(F)c3)c2)C1=O. The zero-order chi connectivity index (χ0) is 25.2. The van der Waals surface area contributed by atoms with Crippen molar-refractivity contribution in [2.24, 2.45) is 0 Å². The molecule has 0 bridgehead atoms. The van der Waals surface area contributed by atoms with Crippen molar-refractivity contribution < 1.29 is 18.8 Å². The van der Waals surface area contributed by atoms with Crippen molar-refractivity contribution in [3.63, 3.8) is 0 Å². The van der Waals surface area contributed by atoms with E-state index in [1.54, 1.807) is 24.3 Å². The molecule has 36 heavy (non-hydrogen) atoms. The number of rotatable bonds is 6. The zero-order valence-corrected chi connectivity index (χ0v) is 20.2. The van der Waals surface area contributed by atoms with Crippen molar-refractivity contribution in [2.75, 3.05) is 11.9 Å². The Labute approximate surface area is 211 Å². The summed E-state index contributed by atoms with van der Waals surface area (Å²) in [5.41, 5.74) is 4.12. The molecule has 6 nitrogen and oxygen atoms in total. The molecule has 0 radical (unpaired) electrons. The third-order valence-corrected chi connectivity index (χ3v) is 6.84. The molecule has 1 aliphatic rings. The fourth-order valence-electron chi connectivity index (χ4n) is 4.11. The topological polar surface area (TPSA) is 71.4 Å². The molecule has 1 aliphatic heterocycles. The van der Waals surface area contributed by atoms with Crippen molar-refractivity contribution in [3.8, 4) is 0 Å². The van der Waals surface area contributed by atoms with Gasteiger partial charge in [0.2, 0.25) is 5.91 Å². The van der Waals surface area contributed by atoms with Gasteiger partial charge in [-0.1, -0.05) is 36.4 Å². The van der Waals surface area contributed by atoms with Crippen LogP contribution in [0.1, 0.15) is 16.7 Å². The Kier molecular flexibility index (Phi) is 6.43. The number of hydrogen-bond donors (Lipinski definition) is 1. The monoisotopic (exact) mass is 499 g/mol. The van der Waals surface area contributed by atoms with E-state index in [4.69, 9.17) is 0 Å². The second-order valence-corrected chi connectivity index (χ2v) is 9.52. The quantitative estimate of drug-likeness (QED) is 0.340. The van der Waals surface area contributed by atoms with E-state index in [2.05, 4.69) is 5.32 Å². The van der Waals surface area contributed by atoms with Crippen LogP contribution < -0.4 is 5.32 Å². The van der Waals surface area contributed by atoms with Crippen molar-refractivity contribution in [1.29, 1.82) is 0 Å². The minimum Gasteiger partial charge on any atom is -0.343 e. The van der Waals surface area contributed by atoms with Crippen LogP contribution >= 0.6 is 11.8 Å². The van der Waals surface area contributed by atoms with Crippen LogP contribution in [-0.4, -0.2) is 33.1 Å². The van der Waals surface area contributed by atoms with Gasteiger partial charge in [0, 0.05) is 29.3 Å². The molecular formula is C28H22FN3O3S. The molecule has 8 heteroatoms. The molecule has 4 aromatic rings. The average molecular weight is 500 g/mol. The summed E-state index contributed by atoms with van der Waals surface area (Å²) in [5, 5.41) is 3.23. The Morgan fingerprint density at radius 2 is 1.86 bits per heavy atom. The number of nitrogens with zero attached hydrogens (tertiary/aromatic N) is 2. The number of para-hydroxylation sites is 1. The number of hydrogen-bond acceptors (Lipinski definition) is 4. The van der Waals surface area contributed by atoms with Crippen molar-refractivity contribution in [3.05, 3.63) is 106 Å². The summed E-state index contributed by atoms with van der Waals surface area (Å²) in [4.78, 5) is 39.0. The average Bonchev–Trinajstić information content (AvgIpc) is 3.36. The summed E-state index contributed by atoms with van der Waals surface area (Å²) in [6.45, 7) is 2.05. The maximum atomic E-state index is 13.5. The molecule has 0 spiro atoms. The highest BCUT2D eigenvalue weighted by atomic mass is 32.2. The first-order valence-corrected chi connectivity index (χ1v) is 12.1. The molecule has 0 aliphatic carbocycles. The molecule has 3 aromatic carbocycles. The molecule has 0 atom stereocenters. The summed E-state index contributed by atoms with van der Waals surface area (Å²) < 4.78 is 15.6. The number of halogens is 1. The van der Waals surface area contributed by atoms with Crippen molar-refractivity contribution in [2.45, 2.75) is 13.5 Å². The van der Waals surface area contributed by atoms with Crippen molar-refractivity contribution >= 4 is 51.5 Å². The van der Waals surface area contributed by atoms with Gasteiger partial charge in [0.25, 0.3) is 11.1 Å². The van der Waals surface area contributed by atoms with E-state index in [0.717, 1.165) is 44.3 Å². The standard InChI is InChI=1S/C28H22FN3O3S/c1-18-5-2-3-8-23(18)30-26(33)17-32-27(34)25(36-28(32)35)15-19-9-10-24-21(13-19)11-12-31(24)16-20-6-4-7-22(29)14-20/h2-15H,16-17H2,1H3,(H,30,33)/b25-15+. The Bertz CT molecular complexity index is 1540. The highest BCUT2D eigenvalue weighted by Gasteiger charge is 2.36. The first-order chi connectivity index (χ1) is 17.4. The lowest BCUT2D eigenvalue weighted by Crippen LogP contribution is -2.36. The van der Waals surface area contributed by atoms with Gasteiger partial charge in [0.05, 0.1) is 4.91 Å². The van der Waals surface area contributed by atoms with Crippen molar-refractivity contribution in [1.82, 2.24) is 9.47 Å². The number of carbonyl (C=O) groups excluding carboxylic acids is 3. The largest absolute Gasteiger partial charge is 0.343 e. The van der Waals surface area contributed by atoms with Gasteiger partial charge in [0.1, 0.15) is 12.4 Å². The third kappa shape index (κ3) is 4.94. The van der Waals surface area contributed by atoms with Gasteiger partial charge in [-0.3, -0.25) is 19.3 Å². The van der Waals surface area contributed by atoms with Gasteiger partial charge >= 0.3 is 0 Å². The molecule has 3 amide bonds. The van der Waals surface area contributed by atoms with Crippen LogP contribution in [0.5, 0.6) is 0 Å². The summed E-state index contributed by atoms with van der Waals surface area (Å²) in [7, 11) is 0. The second-order valence-electron chi connectivity index (χ2n) is 8.52. The number of benzene rings is 3. The Morgan fingerprint density at radius 3 is 2.67 bits per heavy atom. The molecule has 2 heterocycles. The number of anilines is 1. The van der Waals surface area contributed by atoms with Crippen LogP contribution in [0.15, 0.2) is 83.9 Å². The predicted molar refractivity (Wildman–Crippen MR) is 140 cm³/mol. The lowest BCUT2D eigenvalue weighted by atomic mass is 10.1. The Hall–Kier alpha value is -4.17. The molecule has 1 N–H and O–H groups in total. The third-order valence-electron chi connectivity index (χ3n) is 5.93. The molecule has 1 aromatic heterocycles. The lowest BCUT2D eigenvalue weighted by molar-refractivity contribution is -0.127. The summed E-state index contributed by atoms with van der Waals surface area (Å²) in [5.74, 6) is -1.20. The number of aromatic nitrogens is 1. The van der Waals surface area contributed by atoms with E-state index < -0.39 is 17.1 Å². The van der Waals surface area contributed by atoms with E-state index in [0.29, 0.717) is 12.2 Å². The molecule has 0 unspecified atom stereocenters. The zero-order valence-electron chi connectivity index (χ0n) is 19.4. The van der Waals surface area contributed by atoms with Crippen LogP contribution in [0.25, 0.3) is 17.0 Å². The molecule has 1 fully saturated rings. The summed E-state index contributed by atoms with van der Waals surface area (Å²) in [6, 6.07) is 21.5. The second kappa shape index (κ2) is 9.83. The van der Waals surface area contributed by atoms with E-state index in [1.165, 1.54) is 12.1 Å². The smallest absolute Gasteiger partial charge is 0.294 e. The number of imide groups is 1. The first-order valence-electron chi connectivity index (χ1n) is 11.3. The summed E-state index contributed by atoms with van der Waals surface area (Å²) >= 11 is 0.820. The van der Waals surface area contributed by atoms with Crippen LogP contribution in [0, 0.1) is 12.7 Å². The maximum absolute atomic E-state index is 13.5. The fraction of sp³-hybridized carbons (Fsp3) is 0.107. The lowest BCUT2D eigenvalue weighted by Gasteiger charge is -2.13. The van der Waals surface area contributed by atoms with Gasteiger partial charge < -0.3 is 9.88 Å². The Morgan fingerprint density at radius 1 is 1.03 bits per heavy atom. The predicted octanol–water partition coefficient (Wildman–Crippen LogP) is 5.81. The van der Waals surface area contributed by atoms with E-state index in [1.807, 2.05) is 60.2 Å². The number of amides is 3. The van der Waals surface area contributed by atoms with E-state index in [-0.39, 0.29) is 17.3 Å². The molecule has 1 saturated heterocycles. The van der Waals surface area contributed by atoms with Crippen LogP contribution in [0.4, 0.5) is 14.9 Å². The normalized spacial score (nSPS) is 14.7. The first kappa shape index (κ1) is 23.6. The molecule has 0 saturated carbocycles. The highest BCUT2D eigenvalue weighted by molar-refractivity contribution is 8.18. The van der Waals surface area contributed by atoms with Gasteiger partial charge in [-0.15, -0.1) is 0 Å². The number of carbonyl (C=O) groups is 3. The van der Waals surface area contributed by atoms with Crippen LogP contribution in [-0.2, 0) is 16.1 Å². The van der Waals surface area contributed by atoms with Gasteiger partial charge in [-0.05, 0) is 77.9 Å². The minimum absolute atomic E-state index is 0.266. The van der Waals surface area contributed by atoms with Crippen LogP contribution in [0.2, 0.25) is 0 Å². The van der Waals surface area contributed by atoms with Gasteiger partial charge in [-0.2, -0.15) is 0 Å².